The first kappa shape index (κ1) is 17.3. The lowest BCUT2D eigenvalue weighted by molar-refractivity contribution is 0.0600. The first-order valence-electron chi connectivity index (χ1n) is 6.65. The third-order valence-corrected chi connectivity index (χ3v) is 3.93. The number of rotatable bonds is 4. The molecule has 0 spiro atoms. The van der Waals surface area contributed by atoms with E-state index < -0.39 is 12.1 Å². The lowest BCUT2D eigenvalue weighted by Crippen LogP contribution is -2.01. The number of carbonyl (C=O) groups is 1. The van der Waals surface area contributed by atoms with Crippen molar-refractivity contribution in [2.45, 2.75) is 6.10 Å². The van der Waals surface area contributed by atoms with Gasteiger partial charge in [-0.15, -0.1) is 0 Å². The van der Waals surface area contributed by atoms with Gasteiger partial charge in [0, 0.05) is 5.56 Å². The number of phenols is 1. The molecule has 2 rings (SSSR count). The van der Waals surface area contributed by atoms with Gasteiger partial charge in [-0.2, -0.15) is 0 Å². The Balaban J connectivity index is 2.24. The number of ether oxygens (including phenoxy) is 1. The molecule has 6 heteroatoms. The number of aliphatic hydroxyl groups excluding tert-OH is 1. The number of benzene rings is 2. The highest BCUT2D eigenvalue weighted by Crippen LogP contribution is 2.27. The largest absolute Gasteiger partial charge is 0.507 e. The number of methoxy groups -OCH3 is 1. The monoisotopic (exact) mass is 352 g/mol. The summed E-state index contributed by atoms with van der Waals surface area (Å²) >= 11 is 11.7. The molecule has 4 nitrogen and oxygen atoms in total. The number of aliphatic hydroxyl groups is 1. The number of aromatic hydroxyl groups is 1. The molecule has 0 saturated heterocycles. The lowest BCUT2D eigenvalue weighted by Gasteiger charge is -2.08. The number of esters is 1. The second-order valence-corrected chi connectivity index (χ2v) is 5.56. The van der Waals surface area contributed by atoms with E-state index in [9.17, 15) is 15.0 Å². The molecule has 0 radical (unpaired) electrons. The summed E-state index contributed by atoms with van der Waals surface area (Å²) in [6.07, 6.45) is 2.04. The van der Waals surface area contributed by atoms with E-state index in [0.29, 0.717) is 26.7 Å². The highest BCUT2D eigenvalue weighted by Gasteiger charge is 2.09. The molecule has 0 aliphatic heterocycles. The molecule has 1 atom stereocenters. The minimum Gasteiger partial charge on any atom is -0.507 e. The average Bonchev–Trinajstić information content (AvgIpc) is 2.55. The van der Waals surface area contributed by atoms with E-state index in [0.717, 1.165) is 0 Å². The Morgan fingerprint density at radius 2 is 1.91 bits per heavy atom. The van der Waals surface area contributed by atoms with Crippen molar-refractivity contribution in [3.8, 4) is 5.75 Å². The van der Waals surface area contributed by atoms with Crippen LogP contribution in [0.2, 0.25) is 10.0 Å². The number of halogens is 2. The van der Waals surface area contributed by atoms with Crippen molar-refractivity contribution in [3.63, 3.8) is 0 Å². The third kappa shape index (κ3) is 4.26. The Bertz CT molecular complexity index is 756. The normalized spacial score (nSPS) is 12.3. The molecule has 0 saturated carbocycles. The summed E-state index contributed by atoms with van der Waals surface area (Å²) < 4.78 is 4.63. The van der Waals surface area contributed by atoms with E-state index in [2.05, 4.69) is 4.74 Å². The Morgan fingerprint density at radius 3 is 2.57 bits per heavy atom. The van der Waals surface area contributed by atoms with E-state index in [1.807, 2.05) is 0 Å². The van der Waals surface area contributed by atoms with Gasteiger partial charge in [-0.25, -0.2) is 4.79 Å². The van der Waals surface area contributed by atoms with Crippen molar-refractivity contribution in [1.29, 1.82) is 0 Å². The summed E-state index contributed by atoms with van der Waals surface area (Å²) in [5.41, 5.74) is 1.24. The average molecular weight is 353 g/mol. The summed E-state index contributed by atoms with van der Waals surface area (Å²) in [4.78, 5) is 11.5. The van der Waals surface area contributed by atoms with Gasteiger partial charge < -0.3 is 14.9 Å². The van der Waals surface area contributed by atoms with Crippen molar-refractivity contribution < 1.29 is 19.7 Å². The smallest absolute Gasteiger partial charge is 0.337 e. The molecule has 0 fully saturated rings. The predicted molar refractivity (Wildman–Crippen MR) is 89.9 cm³/mol. The van der Waals surface area contributed by atoms with Crippen molar-refractivity contribution in [2.75, 3.05) is 7.11 Å². The third-order valence-electron chi connectivity index (χ3n) is 3.19. The summed E-state index contributed by atoms with van der Waals surface area (Å²) in [6, 6.07) is 9.10. The van der Waals surface area contributed by atoms with Gasteiger partial charge >= 0.3 is 5.97 Å². The van der Waals surface area contributed by atoms with Gasteiger partial charge in [0.15, 0.2) is 0 Å². The van der Waals surface area contributed by atoms with E-state index in [4.69, 9.17) is 23.2 Å². The van der Waals surface area contributed by atoms with Gasteiger partial charge in [0.1, 0.15) is 5.75 Å². The lowest BCUT2D eigenvalue weighted by atomic mass is 10.1. The molecular formula is C17H14Cl2O4. The molecular weight excluding hydrogens is 339 g/mol. The van der Waals surface area contributed by atoms with Crippen LogP contribution in [0.4, 0.5) is 0 Å². The number of hydrogen-bond donors (Lipinski definition) is 2. The number of hydrogen-bond acceptors (Lipinski definition) is 4. The van der Waals surface area contributed by atoms with Gasteiger partial charge in [-0.1, -0.05) is 41.4 Å². The van der Waals surface area contributed by atoms with Crippen LogP contribution in [-0.2, 0) is 4.74 Å². The van der Waals surface area contributed by atoms with Gasteiger partial charge in [0.2, 0.25) is 0 Å². The SMILES string of the molecule is COC(=O)c1ccc(O)c(/C=C/C(O)c2ccc(Cl)c(Cl)c2)c1. The van der Waals surface area contributed by atoms with Gasteiger partial charge in [0.05, 0.1) is 28.8 Å². The second-order valence-electron chi connectivity index (χ2n) is 4.74. The summed E-state index contributed by atoms with van der Waals surface area (Å²) in [7, 11) is 1.28. The highest BCUT2D eigenvalue weighted by molar-refractivity contribution is 6.42. The molecule has 2 aromatic rings. The standard InChI is InChI=1S/C17H14Cl2O4/c1-23-17(22)12-4-7-15(20)10(8-12)3-6-16(21)11-2-5-13(18)14(19)9-11/h2-9,16,20-21H,1H3/b6-3+. The Labute approximate surface area is 143 Å². The van der Waals surface area contributed by atoms with Crippen LogP contribution in [0.3, 0.4) is 0 Å². The summed E-state index contributed by atoms with van der Waals surface area (Å²) in [5.74, 6) is -0.528. The molecule has 23 heavy (non-hydrogen) atoms. The highest BCUT2D eigenvalue weighted by atomic mass is 35.5. The minimum absolute atomic E-state index is 0.0183. The van der Waals surface area contributed by atoms with Crippen LogP contribution in [0.15, 0.2) is 42.5 Å². The molecule has 1 unspecified atom stereocenters. The zero-order chi connectivity index (χ0) is 17.0. The molecule has 0 amide bonds. The topological polar surface area (TPSA) is 66.8 Å². The van der Waals surface area contributed by atoms with Crippen LogP contribution in [0.5, 0.6) is 5.75 Å². The molecule has 0 aliphatic rings. The van der Waals surface area contributed by atoms with Crippen molar-refractivity contribution in [3.05, 3.63) is 69.2 Å². The fourth-order valence-corrected chi connectivity index (χ4v) is 2.24. The van der Waals surface area contributed by atoms with E-state index in [-0.39, 0.29) is 5.75 Å². The quantitative estimate of drug-likeness (QED) is 0.808. The molecule has 120 valence electrons. The molecule has 0 aliphatic carbocycles. The second kappa shape index (κ2) is 7.51. The molecule has 0 aromatic heterocycles. The van der Waals surface area contributed by atoms with Crippen LogP contribution in [0, 0.1) is 0 Å². The maximum atomic E-state index is 11.5. The van der Waals surface area contributed by atoms with E-state index >= 15 is 0 Å². The summed E-state index contributed by atoms with van der Waals surface area (Å²) in [6.45, 7) is 0. The molecule has 2 N–H and O–H groups in total. The molecule has 0 bridgehead atoms. The number of phenolic OH excluding ortho intramolecular Hbond substituents is 1. The first-order chi connectivity index (χ1) is 10.9. The van der Waals surface area contributed by atoms with Gasteiger partial charge in [-0.05, 0) is 35.9 Å². The number of carbonyl (C=O) groups excluding carboxylic acids is 1. The fourth-order valence-electron chi connectivity index (χ4n) is 1.94. The Morgan fingerprint density at radius 1 is 1.17 bits per heavy atom. The Hall–Kier alpha value is -2.01. The molecule has 0 heterocycles. The Kier molecular flexibility index (Phi) is 5.66. The van der Waals surface area contributed by atoms with Crippen molar-refractivity contribution in [1.82, 2.24) is 0 Å². The van der Waals surface area contributed by atoms with Gasteiger partial charge in [0.25, 0.3) is 0 Å². The van der Waals surface area contributed by atoms with Crippen LogP contribution >= 0.6 is 23.2 Å². The molecule has 2 aromatic carbocycles. The summed E-state index contributed by atoms with van der Waals surface area (Å²) in [5, 5.41) is 20.7. The van der Waals surface area contributed by atoms with E-state index in [1.54, 1.807) is 18.2 Å². The zero-order valence-corrected chi connectivity index (χ0v) is 13.7. The fraction of sp³-hybridized carbons (Fsp3) is 0.118. The first-order valence-corrected chi connectivity index (χ1v) is 7.40. The van der Waals surface area contributed by atoms with Crippen LogP contribution in [0.25, 0.3) is 6.08 Å². The van der Waals surface area contributed by atoms with E-state index in [1.165, 1.54) is 37.5 Å². The van der Waals surface area contributed by atoms with Crippen LogP contribution in [-0.4, -0.2) is 23.3 Å². The van der Waals surface area contributed by atoms with Crippen LogP contribution in [0.1, 0.15) is 27.6 Å². The van der Waals surface area contributed by atoms with Crippen molar-refractivity contribution in [2.24, 2.45) is 0 Å². The van der Waals surface area contributed by atoms with Gasteiger partial charge in [-0.3, -0.25) is 0 Å². The minimum atomic E-state index is -0.939. The van der Waals surface area contributed by atoms with Crippen molar-refractivity contribution >= 4 is 35.2 Å². The maximum Gasteiger partial charge on any atom is 0.337 e. The maximum absolute atomic E-state index is 11.5. The zero-order valence-electron chi connectivity index (χ0n) is 12.2. The predicted octanol–water partition coefficient (Wildman–Crippen LogP) is 4.23. The van der Waals surface area contributed by atoms with Crippen LogP contribution < -0.4 is 0 Å².